The lowest BCUT2D eigenvalue weighted by Crippen LogP contribution is -2.13. The fraction of sp³-hybridized carbons (Fsp3) is 0.250. The van der Waals surface area contributed by atoms with E-state index in [1.54, 1.807) is 13.2 Å². The molecule has 106 valence electrons. The number of methoxy groups -OCH3 is 1. The Hall–Kier alpha value is -0.980. The minimum atomic E-state index is -0.237. The minimum Gasteiger partial charge on any atom is -0.384 e. The second-order valence-electron chi connectivity index (χ2n) is 4.63. The summed E-state index contributed by atoms with van der Waals surface area (Å²) in [5, 5.41) is 0. The van der Waals surface area contributed by atoms with Crippen molar-refractivity contribution in [1.29, 1.82) is 0 Å². The van der Waals surface area contributed by atoms with Crippen LogP contribution in [-0.4, -0.2) is 13.7 Å². The molecule has 2 aromatic carbocycles. The minimum absolute atomic E-state index is 0.236. The molecule has 2 aromatic rings. The maximum atomic E-state index is 13.1. The zero-order chi connectivity index (χ0) is 14.5. The van der Waals surface area contributed by atoms with Gasteiger partial charge in [0.1, 0.15) is 5.82 Å². The van der Waals surface area contributed by atoms with Crippen LogP contribution in [0.1, 0.15) is 22.7 Å². The molecule has 0 aliphatic carbocycles. The van der Waals surface area contributed by atoms with Crippen LogP contribution in [0.4, 0.5) is 4.39 Å². The van der Waals surface area contributed by atoms with E-state index in [0.717, 1.165) is 21.1 Å². The Morgan fingerprint density at radius 2 is 1.90 bits per heavy atom. The largest absolute Gasteiger partial charge is 0.384 e. The fourth-order valence-electron chi connectivity index (χ4n) is 2.04. The van der Waals surface area contributed by atoms with E-state index >= 15 is 0 Å². The van der Waals surface area contributed by atoms with Crippen LogP contribution in [0.2, 0.25) is 0 Å². The Morgan fingerprint density at radius 1 is 1.20 bits per heavy atom. The highest BCUT2D eigenvalue weighted by atomic mass is 127. The van der Waals surface area contributed by atoms with Crippen molar-refractivity contribution >= 4 is 22.6 Å². The summed E-state index contributed by atoms with van der Waals surface area (Å²) < 4.78 is 19.0. The van der Waals surface area contributed by atoms with Crippen molar-refractivity contribution in [2.45, 2.75) is 12.5 Å². The van der Waals surface area contributed by atoms with E-state index in [-0.39, 0.29) is 11.9 Å². The second kappa shape index (κ2) is 7.15. The molecule has 20 heavy (non-hydrogen) atoms. The molecule has 0 bridgehead atoms. The standard InChI is InChI=1S/C16H17FINO/c1-20-9-8-11-2-4-12(5-3-11)16(19)14-7-6-13(17)10-15(14)18/h2-7,10,16H,8-9,19H2,1H3. The molecule has 0 aromatic heterocycles. The van der Waals surface area contributed by atoms with E-state index in [2.05, 4.69) is 34.7 Å². The molecule has 0 amide bonds. The van der Waals surface area contributed by atoms with Crippen molar-refractivity contribution in [1.82, 2.24) is 0 Å². The van der Waals surface area contributed by atoms with Crippen molar-refractivity contribution in [3.05, 3.63) is 68.5 Å². The van der Waals surface area contributed by atoms with Crippen LogP contribution in [0.15, 0.2) is 42.5 Å². The van der Waals surface area contributed by atoms with E-state index in [1.807, 2.05) is 12.1 Å². The normalized spacial score (nSPS) is 12.4. The number of hydrogen-bond acceptors (Lipinski definition) is 2. The third kappa shape index (κ3) is 3.77. The molecule has 0 fully saturated rings. The van der Waals surface area contributed by atoms with Crippen molar-refractivity contribution in [2.75, 3.05) is 13.7 Å². The Bertz CT molecular complexity index is 571. The van der Waals surface area contributed by atoms with Gasteiger partial charge in [-0.25, -0.2) is 4.39 Å². The third-order valence-corrected chi connectivity index (χ3v) is 4.17. The highest BCUT2D eigenvalue weighted by molar-refractivity contribution is 14.1. The summed E-state index contributed by atoms with van der Waals surface area (Å²) in [5.41, 5.74) is 9.45. The lowest BCUT2D eigenvalue weighted by Gasteiger charge is -2.15. The van der Waals surface area contributed by atoms with Gasteiger partial charge >= 0.3 is 0 Å². The predicted molar refractivity (Wildman–Crippen MR) is 87.2 cm³/mol. The molecule has 0 heterocycles. The number of ether oxygens (including phenoxy) is 1. The number of nitrogens with two attached hydrogens (primary N) is 1. The zero-order valence-corrected chi connectivity index (χ0v) is 13.4. The average molecular weight is 385 g/mol. The Balaban J connectivity index is 2.18. The van der Waals surface area contributed by atoms with E-state index in [9.17, 15) is 4.39 Å². The summed E-state index contributed by atoms with van der Waals surface area (Å²) in [7, 11) is 1.70. The Morgan fingerprint density at radius 3 is 2.50 bits per heavy atom. The van der Waals surface area contributed by atoms with Gasteiger partial charge in [0.15, 0.2) is 0 Å². The molecule has 0 radical (unpaired) electrons. The molecule has 1 unspecified atom stereocenters. The summed E-state index contributed by atoms with van der Waals surface area (Å²) in [4.78, 5) is 0. The van der Waals surface area contributed by atoms with Gasteiger partial charge < -0.3 is 10.5 Å². The van der Waals surface area contributed by atoms with Gasteiger partial charge in [0.25, 0.3) is 0 Å². The molecule has 0 saturated heterocycles. The van der Waals surface area contributed by atoms with Crippen LogP contribution in [0.5, 0.6) is 0 Å². The van der Waals surface area contributed by atoms with E-state index in [1.165, 1.54) is 17.7 Å². The van der Waals surface area contributed by atoms with E-state index in [4.69, 9.17) is 10.5 Å². The van der Waals surface area contributed by atoms with Gasteiger partial charge in [-0.05, 0) is 57.8 Å². The topological polar surface area (TPSA) is 35.2 Å². The van der Waals surface area contributed by atoms with Crippen LogP contribution < -0.4 is 5.73 Å². The van der Waals surface area contributed by atoms with Gasteiger partial charge in [-0.2, -0.15) is 0 Å². The quantitative estimate of drug-likeness (QED) is 0.798. The van der Waals surface area contributed by atoms with Gasteiger partial charge in [-0.3, -0.25) is 0 Å². The van der Waals surface area contributed by atoms with Crippen molar-refractivity contribution < 1.29 is 9.13 Å². The predicted octanol–water partition coefficient (Wildman–Crippen LogP) is 3.67. The Labute approximate surface area is 132 Å². The van der Waals surface area contributed by atoms with Gasteiger partial charge in [-0.1, -0.05) is 30.3 Å². The monoisotopic (exact) mass is 385 g/mol. The van der Waals surface area contributed by atoms with Crippen LogP contribution >= 0.6 is 22.6 Å². The SMILES string of the molecule is COCCc1ccc(C(N)c2ccc(F)cc2I)cc1. The van der Waals surface area contributed by atoms with E-state index < -0.39 is 0 Å². The number of rotatable bonds is 5. The third-order valence-electron chi connectivity index (χ3n) is 3.23. The van der Waals surface area contributed by atoms with Gasteiger partial charge in [0.2, 0.25) is 0 Å². The molecule has 2 nitrogen and oxygen atoms in total. The molecule has 0 saturated carbocycles. The summed E-state index contributed by atoms with van der Waals surface area (Å²) in [6, 6.07) is 12.6. The summed E-state index contributed by atoms with van der Waals surface area (Å²) in [6.45, 7) is 0.710. The molecular formula is C16H17FINO. The van der Waals surface area contributed by atoms with Crippen molar-refractivity contribution in [3.63, 3.8) is 0 Å². The second-order valence-corrected chi connectivity index (χ2v) is 5.79. The lowest BCUT2D eigenvalue weighted by molar-refractivity contribution is 0.202. The molecule has 4 heteroatoms. The molecule has 0 aliphatic heterocycles. The average Bonchev–Trinajstić information content (AvgIpc) is 2.45. The maximum absolute atomic E-state index is 13.1. The molecule has 0 aliphatic rings. The van der Waals surface area contributed by atoms with Crippen LogP contribution in [0.3, 0.4) is 0 Å². The first-order valence-electron chi connectivity index (χ1n) is 6.40. The van der Waals surface area contributed by atoms with Gasteiger partial charge in [0, 0.05) is 10.7 Å². The molecule has 2 rings (SSSR count). The smallest absolute Gasteiger partial charge is 0.124 e. The molecule has 1 atom stereocenters. The highest BCUT2D eigenvalue weighted by Crippen LogP contribution is 2.25. The number of benzene rings is 2. The Kier molecular flexibility index (Phi) is 5.51. The molecule has 2 N–H and O–H groups in total. The highest BCUT2D eigenvalue weighted by Gasteiger charge is 2.12. The van der Waals surface area contributed by atoms with Crippen LogP contribution in [0, 0.1) is 9.39 Å². The molecule has 0 spiro atoms. The molecular weight excluding hydrogens is 368 g/mol. The maximum Gasteiger partial charge on any atom is 0.124 e. The first-order valence-corrected chi connectivity index (χ1v) is 7.48. The lowest BCUT2D eigenvalue weighted by atomic mass is 9.98. The summed E-state index contributed by atoms with van der Waals surface area (Å²) in [6.07, 6.45) is 0.889. The summed E-state index contributed by atoms with van der Waals surface area (Å²) >= 11 is 2.12. The summed E-state index contributed by atoms with van der Waals surface area (Å²) in [5.74, 6) is -0.236. The fourth-order valence-corrected chi connectivity index (χ4v) is 2.86. The van der Waals surface area contributed by atoms with Crippen molar-refractivity contribution in [2.24, 2.45) is 5.73 Å². The van der Waals surface area contributed by atoms with Gasteiger partial charge in [-0.15, -0.1) is 0 Å². The van der Waals surface area contributed by atoms with Gasteiger partial charge in [0.05, 0.1) is 12.6 Å². The van der Waals surface area contributed by atoms with Crippen LogP contribution in [-0.2, 0) is 11.2 Å². The number of hydrogen-bond donors (Lipinski definition) is 1. The first kappa shape index (κ1) is 15.4. The van der Waals surface area contributed by atoms with E-state index in [0.29, 0.717) is 6.61 Å². The zero-order valence-electron chi connectivity index (χ0n) is 11.3. The number of halogens is 2. The van der Waals surface area contributed by atoms with Crippen LogP contribution in [0.25, 0.3) is 0 Å². The van der Waals surface area contributed by atoms with Crippen molar-refractivity contribution in [3.8, 4) is 0 Å². The first-order chi connectivity index (χ1) is 9.61.